The van der Waals surface area contributed by atoms with Gasteiger partial charge in [-0.15, -0.1) is 12.5 Å². The molecule has 0 aliphatic rings. The van der Waals surface area contributed by atoms with Gasteiger partial charge >= 0.3 is 90.4 Å². The molecule has 0 spiro atoms. The van der Waals surface area contributed by atoms with Gasteiger partial charge in [-0.25, -0.2) is 0 Å². The molecule has 1 radical (unpaired) electrons. The predicted molar refractivity (Wildman–Crippen MR) is 70.3 cm³/mol. The summed E-state index contributed by atoms with van der Waals surface area (Å²) in [5, 5.41) is 8.96. The van der Waals surface area contributed by atoms with Crippen molar-refractivity contribution in [1.29, 1.82) is 0 Å². The molecule has 10 heteroatoms. The zero-order valence-electron chi connectivity index (χ0n) is 13.3. The van der Waals surface area contributed by atoms with Crippen LogP contribution in [0.2, 0.25) is 0 Å². The summed E-state index contributed by atoms with van der Waals surface area (Å²) in [5.41, 5.74) is 0. The second-order valence-electron chi connectivity index (χ2n) is 1.78. The molecule has 26 heavy (non-hydrogen) atoms. The zero-order chi connectivity index (χ0) is 23.1. The Morgan fingerprint density at radius 3 is 1.15 bits per heavy atom. The maximum atomic E-state index is 8.96. The standard InChI is InChI=1S/C8H12O.8CO.Co/c1-3-5-7-8(9)6-4-2;8*1-2;/h3,8-9H,1,5,7H2,2H3;;;;;;;;;/t8-;;;;;;;;;/m1........./s1. The van der Waals surface area contributed by atoms with Gasteiger partial charge in [-0.1, -0.05) is 12.0 Å². The molecule has 0 saturated heterocycles. The molecule has 0 rings (SSSR count). The van der Waals surface area contributed by atoms with Crippen LogP contribution < -0.4 is 0 Å². The average Bonchev–Trinajstić information content (AvgIpc) is 2.78. The molecule has 0 aromatic heterocycles. The van der Waals surface area contributed by atoms with Crippen LogP contribution in [0, 0.1) is 65.0 Å². The van der Waals surface area contributed by atoms with Gasteiger partial charge in [0.05, 0.1) is 0 Å². The molecule has 0 aliphatic carbocycles. The molecule has 0 amide bonds. The van der Waals surface area contributed by atoms with E-state index in [-0.39, 0.29) is 16.8 Å². The van der Waals surface area contributed by atoms with Crippen LogP contribution in [-0.4, -0.2) is 11.2 Å². The van der Waals surface area contributed by atoms with E-state index in [1.807, 2.05) is 0 Å². The summed E-state index contributed by atoms with van der Waals surface area (Å²) < 4.78 is 60.0. The van der Waals surface area contributed by atoms with Crippen LogP contribution >= 0.6 is 0 Å². The third-order valence-corrected chi connectivity index (χ3v) is 0.955. The second-order valence-corrected chi connectivity index (χ2v) is 1.78. The van der Waals surface area contributed by atoms with Crippen LogP contribution in [0.5, 0.6) is 0 Å². The van der Waals surface area contributed by atoms with Crippen molar-refractivity contribution in [2.24, 2.45) is 0 Å². The summed E-state index contributed by atoms with van der Waals surface area (Å²) in [6.45, 7) is 41.3. The van der Waals surface area contributed by atoms with Gasteiger partial charge in [0, 0.05) is 16.8 Å². The van der Waals surface area contributed by atoms with E-state index >= 15 is 0 Å². The first kappa shape index (κ1) is 65.1. The van der Waals surface area contributed by atoms with Crippen molar-refractivity contribution >= 4 is 0 Å². The van der Waals surface area contributed by atoms with E-state index in [9.17, 15) is 0 Å². The molecule has 0 aromatic carbocycles. The Bertz CT molecular complexity index is 343. The molecule has 1 atom stereocenters. The fourth-order valence-electron chi connectivity index (χ4n) is 0.515. The fourth-order valence-corrected chi connectivity index (χ4v) is 0.515. The Morgan fingerprint density at radius 2 is 1.00 bits per heavy atom. The van der Waals surface area contributed by atoms with Crippen molar-refractivity contribution in [3.63, 3.8) is 0 Å². The molecule has 1 N–H and O–H groups in total. The minimum Gasteiger partial charge on any atom is 0 e. The second kappa shape index (κ2) is 330. The Kier molecular flexibility index (Phi) is 826. The van der Waals surface area contributed by atoms with E-state index in [0.29, 0.717) is 6.42 Å². The van der Waals surface area contributed by atoms with Gasteiger partial charge in [0.25, 0.3) is 0 Å². The molecular formula is C16H12CoO9. The molecule has 0 aliphatic heterocycles. The molecule has 0 heterocycles. The van der Waals surface area contributed by atoms with Crippen molar-refractivity contribution < 1.29 is 59.1 Å². The molecule has 0 bridgehead atoms. The van der Waals surface area contributed by atoms with Crippen LogP contribution in [0.4, 0.5) is 0 Å². The SMILES string of the molecule is C=CCC[C@H](O)C#CC.[C-]#[O+].[C-]#[O+].[C-]#[O+].[C-]#[O+].[C-]#[O+].[C-]#[O+].[C-]#[O+].[C-]#[O+].[Co]. The molecule has 139 valence electrons. The van der Waals surface area contributed by atoms with Gasteiger partial charge in [0.2, 0.25) is 0 Å². The summed E-state index contributed by atoms with van der Waals surface area (Å²) in [6, 6.07) is 0. The first-order valence-electron chi connectivity index (χ1n) is 4.65. The van der Waals surface area contributed by atoms with Crippen molar-refractivity contribution in [2.45, 2.75) is 25.9 Å². The third-order valence-electron chi connectivity index (χ3n) is 0.955. The third kappa shape index (κ3) is 423. The predicted octanol–water partition coefficient (Wildman–Crippen LogP) is 1.03. The van der Waals surface area contributed by atoms with E-state index in [1.165, 1.54) is 0 Å². The summed E-state index contributed by atoms with van der Waals surface area (Å²) >= 11 is 0. The number of aliphatic hydroxyl groups excluding tert-OH is 1. The quantitative estimate of drug-likeness (QED) is 0.312. The molecule has 0 unspecified atom stereocenters. The van der Waals surface area contributed by atoms with E-state index in [2.05, 4.69) is 71.6 Å². The van der Waals surface area contributed by atoms with Gasteiger partial charge in [-0.05, 0) is 19.8 Å². The Morgan fingerprint density at radius 1 is 0.769 bits per heavy atom. The van der Waals surface area contributed by atoms with Crippen molar-refractivity contribution in [1.82, 2.24) is 0 Å². The van der Waals surface area contributed by atoms with Gasteiger partial charge in [0.1, 0.15) is 6.10 Å². The number of rotatable bonds is 3. The minimum atomic E-state index is -0.465. The van der Waals surface area contributed by atoms with Crippen LogP contribution in [0.1, 0.15) is 19.8 Å². The van der Waals surface area contributed by atoms with Crippen molar-refractivity contribution in [2.75, 3.05) is 0 Å². The van der Waals surface area contributed by atoms with E-state index in [0.717, 1.165) is 6.42 Å². The fraction of sp³-hybridized carbons (Fsp3) is 0.250. The van der Waals surface area contributed by atoms with Gasteiger partial charge < -0.3 is 5.11 Å². The molecule has 0 saturated carbocycles. The van der Waals surface area contributed by atoms with Gasteiger partial charge in [-0.2, -0.15) is 0 Å². The maximum absolute atomic E-state index is 8.96. The first-order chi connectivity index (χ1) is 12.3. The molecule has 9 nitrogen and oxygen atoms in total. The summed E-state index contributed by atoms with van der Waals surface area (Å²) in [7, 11) is 0. The van der Waals surface area contributed by atoms with Crippen LogP contribution in [-0.2, 0) is 54.0 Å². The van der Waals surface area contributed by atoms with Crippen molar-refractivity contribution in [3.8, 4) is 11.8 Å². The molecule has 0 aromatic rings. The average molecular weight is 407 g/mol. The Balaban J connectivity index is -0.0000000161. The van der Waals surface area contributed by atoms with Crippen LogP contribution in [0.3, 0.4) is 0 Å². The van der Waals surface area contributed by atoms with E-state index in [4.69, 9.17) is 42.3 Å². The Labute approximate surface area is 163 Å². The van der Waals surface area contributed by atoms with Crippen molar-refractivity contribution in [3.05, 3.63) is 65.9 Å². The first-order valence-corrected chi connectivity index (χ1v) is 4.65. The monoisotopic (exact) mass is 407 g/mol. The summed E-state index contributed by atoms with van der Waals surface area (Å²) in [4.78, 5) is 0. The molecular weight excluding hydrogens is 395 g/mol. The van der Waals surface area contributed by atoms with E-state index < -0.39 is 6.10 Å². The molecule has 0 fully saturated rings. The summed E-state index contributed by atoms with van der Waals surface area (Å²) in [6.07, 6.45) is 2.84. The van der Waals surface area contributed by atoms with Crippen LogP contribution in [0.25, 0.3) is 0 Å². The van der Waals surface area contributed by atoms with Gasteiger partial charge in [0.15, 0.2) is 0 Å². The number of hydrogen-bond acceptors (Lipinski definition) is 1. The van der Waals surface area contributed by atoms with E-state index in [1.54, 1.807) is 13.0 Å². The smallest absolute Gasteiger partial charge is 0 e. The number of hydrogen-bond donors (Lipinski definition) is 1. The maximum Gasteiger partial charge on any atom is 0 e. The normalized spacial score (nSPS) is 4.54. The van der Waals surface area contributed by atoms with Gasteiger partial charge in [-0.3, -0.25) is 0 Å². The topological polar surface area (TPSA) is 179 Å². The van der Waals surface area contributed by atoms with Crippen LogP contribution in [0.15, 0.2) is 12.7 Å². The largest absolute Gasteiger partial charge is 0 e. The number of allylic oxidation sites excluding steroid dienone is 1. The number of aliphatic hydroxyl groups is 1. The Hall–Kier alpha value is -2.31. The minimum absolute atomic E-state index is 0. The summed E-state index contributed by atoms with van der Waals surface area (Å²) in [5.74, 6) is 5.28. The zero-order valence-corrected chi connectivity index (χ0v) is 14.4.